The van der Waals surface area contributed by atoms with Gasteiger partial charge in [-0.15, -0.1) is 0 Å². The molecule has 5 atom stereocenters. The molecule has 19 heteroatoms. The van der Waals surface area contributed by atoms with Crippen LogP contribution in [0.15, 0.2) is 146 Å². The molecule has 0 aromatic heterocycles. The van der Waals surface area contributed by atoms with Crippen molar-refractivity contribution in [1.82, 2.24) is 0 Å². The van der Waals surface area contributed by atoms with E-state index < -0.39 is 97.5 Å². The fourth-order valence-electron chi connectivity index (χ4n) is 10.6. The van der Waals surface area contributed by atoms with Gasteiger partial charge in [0.2, 0.25) is 0 Å². The molecule has 0 bridgehead atoms. The summed E-state index contributed by atoms with van der Waals surface area (Å²) in [6.45, 7) is 4.52. The maximum absolute atomic E-state index is 13.1. The van der Waals surface area contributed by atoms with Crippen LogP contribution >= 0.6 is 15.6 Å². The fourth-order valence-corrected chi connectivity index (χ4v) is 12.2. The van der Waals surface area contributed by atoms with Crippen molar-refractivity contribution in [1.29, 1.82) is 0 Å². The normalized spacial score (nSPS) is 14.6. The zero-order chi connectivity index (χ0) is 77.4. The summed E-state index contributed by atoms with van der Waals surface area (Å²) < 4.78 is 68.6. The Balaban J connectivity index is 5.41. The summed E-state index contributed by atoms with van der Waals surface area (Å²) in [4.78, 5) is 73.0. The Morgan fingerprint density at radius 2 is 0.509 bits per heavy atom. The Kier molecular flexibility index (Phi) is 74.3. The molecule has 0 fully saturated rings. The number of carbonyl (C=O) groups is 4. The third-order valence-electron chi connectivity index (χ3n) is 16.8. The largest absolute Gasteiger partial charge is 0.472 e. The lowest BCUT2D eigenvalue weighted by atomic mass is 10.1. The second-order valence-corrected chi connectivity index (χ2v) is 29.9. The number of carbonyl (C=O) groups excluding carboxylic acids is 4. The fraction of sp³-hybridized carbons (Fsp3) is 0.678. The number of hydrogen-bond donors (Lipinski definition) is 3. The van der Waals surface area contributed by atoms with Crippen LogP contribution in [0.3, 0.4) is 0 Å². The third kappa shape index (κ3) is 77.1. The summed E-state index contributed by atoms with van der Waals surface area (Å²) in [5.74, 6) is -2.29. The summed E-state index contributed by atoms with van der Waals surface area (Å²) >= 11 is 0. The smallest absolute Gasteiger partial charge is 0.462 e. The minimum atomic E-state index is -5.00. The molecular formula is C87H146O17P2. The van der Waals surface area contributed by atoms with Crippen LogP contribution in [0.1, 0.15) is 323 Å². The minimum absolute atomic E-state index is 0.0345. The predicted octanol–water partition coefficient (Wildman–Crippen LogP) is 24.2. The lowest BCUT2D eigenvalue weighted by Crippen LogP contribution is -2.30. The average Bonchev–Trinajstić information content (AvgIpc) is 0.901. The van der Waals surface area contributed by atoms with Crippen LogP contribution in [0.5, 0.6) is 0 Å². The zero-order valence-electron chi connectivity index (χ0n) is 66.3. The number of unbranched alkanes of at least 4 members (excludes halogenated alkanes) is 26. The molecule has 0 spiro atoms. The summed E-state index contributed by atoms with van der Waals surface area (Å²) in [5, 5.41) is 10.6. The highest BCUT2D eigenvalue weighted by molar-refractivity contribution is 7.47. The lowest BCUT2D eigenvalue weighted by Gasteiger charge is -2.21. The monoisotopic (exact) mass is 1530 g/mol. The third-order valence-corrected chi connectivity index (χ3v) is 18.7. The molecule has 0 aromatic rings. The molecule has 606 valence electrons. The van der Waals surface area contributed by atoms with Gasteiger partial charge in [0.15, 0.2) is 12.2 Å². The van der Waals surface area contributed by atoms with E-state index in [0.29, 0.717) is 32.1 Å². The topological polar surface area (TPSA) is 237 Å². The van der Waals surface area contributed by atoms with Gasteiger partial charge in [0.05, 0.1) is 26.4 Å². The second kappa shape index (κ2) is 78.1. The molecule has 3 N–H and O–H groups in total. The first-order valence-electron chi connectivity index (χ1n) is 41.1. The van der Waals surface area contributed by atoms with E-state index in [1.165, 1.54) is 57.8 Å². The SMILES string of the molecule is CC/C=C\C/C=C\C/C=C\C/C=C\C/C=C\C/C=C\CCC(=O)OCC(COP(=O)(O)OCC(O)COP(=O)(O)OCC(COC(=O)CCCCCCCC/C=C\C/C=C\C/C=C\CCCCC)OC(=O)CCCCCCCCC/C=C\C/C=C\C/C=C\CC)OC(=O)CCCCCCCCCCCCC. The minimum Gasteiger partial charge on any atom is -0.462 e. The van der Waals surface area contributed by atoms with Crippen LogP contribution in [0.25, 0.3) is 0 Å². The molecule has 0 radical (unpaired) electrons. The van der Waals surface area contributed by atoms with Crippen molar-refractivity contribution in [3.8, 4) is 0 Å². The van der Waals surface area contributed by atoms with E-state index in [1.807, 2.05) is 18.2 Å². The number of phosphoric ester groups is 2. The number of rotatable bonds is 76. The van der Waals surface area contributed by atoms with E-state index in [1.54, 1.807) is 0 Å². The number of allylic oxidation sites excluding steroid dienone is 24. The van der Waals surface area contributed by atoms with E-state index in [0.717, 1.165) is 180 Å². The molecule has 0 amide bonds. The van der Waals surface area contributed by atoms with Gasteiger partial charge in [0, 0.05) is 25.7 Å². The first-order chi connectivity index (χ1) is 51.7. The van der Waals surface area contributed by atoms with Gasteiger partial charge in [0.25, 0.3) is 0 Å². The van der Waals surface area contributed by atoms with Gasteiger partial charge >= 0.3 is 39.5 Å². The van der Waals surface area contributed by atoms with Crippen LogP contribution in [0, 0.1) is 0 Å². The maximum Gasteiger partial charge on any atom is 0.472 e. The van der Waals surface area contributed by atoms with Crippen LogP contribution in [0.2, 0.25) is 0 Å². The highest BCUT2D eigenvalue weighted by atomic mass is 31.2. The van der Waals surface area contributed by atoms with Crippen LogP contribution in [0.4, 0.5) is 0 Å². The van der Waals surface area contributed by atoms with Gasteiger partial charge < -0.3 is 33.8 Å². The number of ether oxygens (including phenoxy) is 4. The summed E-state index contributed by atoms with van der Waals surface area (Å²) in [7, 11) is -9.99. The summed E-state index contributed by atoms with van der Waals surface area (Å²) in [6.07, 6.45) is 89.8. The Hall–Kier alpha value is -5.06. The molecule has 0 aliphatic carbocycles. The molecule has 0 rings (SSSR count). The standard InChI is InChI=1S/C87H146O17P2/c1-5-9-13-17-21-25-29-32-35-38-40-43-45-48-52-55-59-63-67-71-84(89)97-77-82(103-86(91)73-69-65-61-57-51-28-24-20-16-12-8-4)79-101-105(93,94)99-75-81(88)76-100-106(95,96)102-80-83(104-87(92)74-70-66-62-58-54-50-47-42-37-34-31-27-23-19-15-11-7-3)78-98-85(90)72-68-64-60-56-53-49-46-44-41-39-36-33-30-26-22-18-14-10-6-2/h9,11,13,15,21-23,25-27,32-37,40-41,43-44,48,52,59,63,81-83,88H,5-8,10,12,14,16-20,24,28-31,38-39,42,45-47,49-51,53-58,60-62,64-80H2,1-4H3,(H,93,94)(H,95,96)/b13-9-,15-11-,25-21-,26-22-,27-23-,35-32-,36-33-,37-34-,43-40-,44-41-,52-48-,63-59-. The van der Waals surface area contributed by atoms with Crippen molar-refractivity contribution in [2.75, 3.05) is 39.6 Å². The van der Waals surface area contributed by atoms with E-state index in [2.05, 4.69) is 155 Å². The molecular weight excluding hydrogens is 1380 g/mol. The highest BCUT2D eigenvalue weighted by Crippen LogP contribution is 2.45. The van der Waals surface area contributed by atoms with Crippen molar-refractivity contribution in [3.05, 3.63) is 146 Å². The van der Waals surface area contributed by atoms with E-state index in [-0.39, 0.29) is 25.7 Å². The highest BCUT2D eigenvalue weighted by Gasteiger charge is 2.30. The summed E-state index contributed by atoms with van der Waals surface area (Å²) in [5.41, 5.74) is 0. The quantitative estimate of drug-likeness (QED) is 0.0169. The van der Waals surface area contributed by atoms with Gasteiger partial charge in [-0.25, -0.2) is 9.13 Å². The van der Waals surface area contributed by atoms with Gasteiger partial charge in [-0.1, -0.05) is 308 Å². The molecule has 0 aliphatic heterocycles. The first kappa shape index (κ1) is 101. The van der Waals surface area contributed by atoms with Gasteiger partial charge in [0.1, 0.15) is 19.3 Å². The van der Waals surface area contributed by atoms with E-state index >= 15 is 0 Å². The lowest BCUT2D eigenvalue weighted by molar-refractivity contribution is -0.161. The van der Waals surface area contributed by atoms with Crippen molar-refractivity contribution >= 4 is 39.5 Å². The molecule has 0 saturated carbocycles. The number of phosphoric acid groups is 2. The molecule has 5 unspecified atom stereocenters. The Morgan fingerprint density at radius 1 is 0.274 bits per heavy atom. The number of aliphatic hydroxyl groups is 1. The molecule has 106 heavy (non-hydrogen) atoms. The number of esters is 4. The van der Waals surface area contributed by atoms with E-state index in [9.17, 15) is 43.2 Å². The second-order valence-electron chi connectivity index (χ2n) is 27.0. The molecule has 0 heterocycles. The van der Waals surface area contributed by atoms with Crippen molar-refractivity contribution in [2.45, 2.75) is 341 Å². The molecule has 0 saturated heterocycles. The van der Waals surface area contributed by atoms with E-state index in [4.69, 9.17) is 37.0 Å². The Morgan fingerprint density at radius 3 is 0.830 bits per heavy atom. The number of hydrogen-bond acceptors (Lipinski definition) is 15. The Bertz CT molecular complexity index is 2580. The van der Waals surface area contributed by atoms with Crippen LogP contribution in [-0.4, -0.2) is 96.7 Å². The molecule has 17 nitrogen and oxygen atoms in total. The Labute approximate surface area is 643 Å². The zero-order valence-corrected chi connectivity index (χ0v) is 68.1. The number of aliphatic hydroxyl groups excluding tert-OH is 1. The van der Waals surface area contributed by atoms with Crippen molar-refractivity contribution in [2.24, 2.45) is 0 Å². The van der Waals surface area contributed by atoms with Gasteiger partial charge in [-0.2, -0.15) is 0 Å². The summed E-state index contributed by atoms with van der Waals surface area (Å²) in [6, 6.07) is 0. The first-order valence-corrected chi connectivity index (χ1v) is 44.1. The van der Waals surface area contributed by atoms with Crippen molar-refractivity contribution in [3.63, 3.8) is 0 Å². The molecule has 0 aliphatic rings. The van der Waals surface area contributed by atoms with Gasteiger partial charge in [-0.3, -0.25) is 37.3 Å². The van der Waals surface area contributed by atoms with Crippen LogP contribution < -0.4 is 0 Å². The predicted molar refractivity (Wildman–Crippen MR) is 436 cm³/mol. The van der Waals surface area contributed by atoms with Crippen LogP contribution in [-0.2, 0) is 65.4 Å². The maximum atomic E-state index is 13.1. The van der Waals surface area contributed by atoms with Gasteiger partial charge in [-0.05, 0) is 135 Å². The van der Waals surface area contributed by atoms with Crippen molar-refractivity contribution < 1.29 is 80.2 Å². The molecule has 0 aromatic carbocycles. The average molecular weight is 1530 g/mol.